The number of nitrogens with one attached hydrogen (secondary N) is 2. The van der Waals surface area contributed by atoms with Crippen molar-refractivity contribution in [3.63, 3.8) is 0 Å². The van der Waals surface area contributed by atoms with Gasteiger partial charge in [-0.3, -0.25) is 4.79 Å². The summed E-state index contributed by atoms with van der Waals surface area (Å²) in [5.41, 5.74) is 3.27. The van der Waals surface area contributed by atoms with Crippen LogP contribution in [0.4, 0.5) is 11.4 Å². The van der Waals surface area contributed by atoms with Crippen molar-refractivity contribution in [1.29, 1.82) is 0 Å². The number of fused-ring (bicyclic) bond motifs is 1. The Morgan fingerprint density at radius 3 is 2.58 bits per heavy atom. The molecule has 1 amide bonds. The first-order valence-electron chi connectivity index (χ1n) is 5.87. The molecule has 2 aromatic rings. The van der Waals surface area contributed by atoms with Crippen LogP contribution in [0.5, 0.6) is 0 Å². The first-order chi connectivity index (χ1) is 9.24. The lowest BCUT2D eigenvalue weighted by molar-refractivity contribution is -0.110. The lowest BCUT2D eigenvalue weighted by Gasteiger charge is -2.02. The highest BCUT2D eigenvalue weighted by molar-refractivity contribution is 6.31. The van der Waals surface area contributed by atoms with Gasteiger partial charge in [-0.05, 0) is 30.3 Å². The van der Waals surface area contributed by atoms with Crippen molar-refractivity contribution in [3.05, 3.63) is 65.3 Å². The summed E-state index contributed by atoms with van der Waals surface area (Å²) in [6.07, 6.45) is 1.71. The second-order valence-corrected chi connectivity index (χ2v) is 4.65. The summed E-state index contributed by atoms with van der Waals surface area (Å²) < 4.78 is 0. The zero-order chi connectivity index (χ0) is 13.2. The highest BCUT2D eigenvalue weighted by atomic mass is 35.5. The first kappa shape index (κ1) is 11.8. The fraction of sp³-hybridized carbons (Fsp3) is 0. The fourth-order valence-corrected chi connectivity index (χ4v) is 2.11. The molecule has 0 bridgehead atoms. The molecule has 94 valence electrons. The average molecular weight is 271 g/mol. The summed E-state index contributed by atoms with van der Waals surface area (Å²) in [6, 6.07) is 14.9. The number of amides is 1. The van der Waals surface area contributed by atoms with E-state index in [-0.39, 0.29) is 5.91 Å². The van der Waals surface area contributed by atoms with Crippen LogP contribution in [0.15, 0.2) is 54.7 Å². The van der Waals surface area contributed by atoms with Crippen molar-refractivity contribution < 1.29 is 4.79 Å². The van der Waals surface area contributed by atoms with Crippen molar-refractivity contribution in [1.82, 2.24) is 0 Å². The topological polar surface area (TPSA) is 41.1 Å². The summed E-state index contributed by atoms with van der Waals surface area (Å²) in [5.74, 6) is -0.0948. The summed E-state index contributed by atoms with van der Waals surface area (Å²) in [7, 11) is 0. The van der Waals surface area contributed by atoms with E-state index >= 15 is 0 Å². The third-order valence-electron chi connectivity index (χ3n) is 2.94. The number of carbonyl (C=O) groups excluding carboxylic acids is 1. The van der Waals surface area contributed by atoms with Gasteiger partial charge in [0.05, 0.1) is 5.57 Å². The van der Waals surface area contributed by atoms with Crippen molar-refractivity contribution >= 4 is 34.5 Å². The Bertz CT molecular complexity index is 662. The molecule has 0 spiro atoms. The number of anilines is 2. The number of hydrogen-bond donors (Lipinski definition) is 2. The first-order valence-corrected chi connectivity index (χ1v) is 6.25. The average Bonchev–Trinajstić information content (AvgIpc) is 2.74. The molecule has 1 aliphatic rings. The van der Waals surface area contributed by atoms with Crippen molar-refractivity contribution in [2.45, 2.75) is 0 Å². The number of para-hydroxylation sites is 1. The van der Waals surface area contributed by atoms with Crippen LogP contribution >= 0.6 is 11.6 Å². The van der Waals surface area contributed by atoms with Gasteiger partial charge < -0.3 is 10.6 Å². The SMILES string of the molecule is O=C1Nc2ccccc2/C1=C\Nc1ccc(Cl)cc1. The molecule has 1 aliphatic heterocycles. The van der Waals surface area contributed by atoms with E-state index in [9.17, 15) is 4.79 Å². The standard InChI is InChI=1S/C15H11ClN2O/c16-10-5-7-11(8-6-10)17-9-13-12-3-1-2-4-14(12)18-15(13)19/h1-9,17H,(H,18,19)/b13-9+. The molecule has 0 atom stereocenters. The van der Waals surface area contributed by atoms with Crippen LogP contribution in [0, 0.1) is 0 Å². The smallest absolute Gasteiger partial charge is 0.257 e. The van der Waals surface area contributed by atoms with Gasteiger partial charge in [0.2, 0.25) is 0 Å². The van der Waals surface area contributed by atoms with Gasteiger partial charge in [0.1, 0.15) is 0 Å². The van der Waals surface area contributed by atoms with E-state index in [1.54, 1.807) is 18.3 Å². The number of hydrogen-bond acceptors (Lipinski definition) is 2. The third-order valence-corrected chi connectivity index (χ3v) is 3.19. The molecule has 3 rings (SSSR count). The molecule has 0 aliphatic carbocycles. The van der Waals surface area contributed by atoms with Gasteiger partial charge in [0.15, 0.2) is 0 Å². The van der Waals surface area contributed by atoms with E-state index in [0.717, 1.165) is 16.9 Å². The van der Waals surface area contributed by atoms with Gasteiger partial charge in [0.25, 0.3) is 5.91 Å². The maximum atomic E-state index is 11.9. The molecule has 2 N–H and O–H groups in total. The van der Waals surface area contributed by atoms with E-state index in [4.69, 9.17) is 11.6 Å². The normalized spacial score (nSPS) is 15.2. The molecule has 2 aromatic carbocycles. The third kappa shape index (κ3) is 2.33. The summed E-state index contributed by atoms with van der Waals surface area (Å²) in [5, 5.41) is 6.61. The second-order valence-electron chi connectivity index (χ2n) is 4.21. The van der Waals surface area contributed by atoms with Crippen molar-refractivity contribution in [3.8, 4) is 0 Å². The monoisotopic (exact) mass is 270 g/mol. The van der Waals surface area contributed by atoms with E-state index < -0.39 is 0 Å². The molecular formula is C15H11ClN2O. The molecular weight excluding hydrogens is 260 g/mol. The molecule has 0 saturated carbocycles. The van der Waals surface area contributed by atoms with Crippen LogP contribution in [0.3, 0.4) is 0 Å². The van der Waals surface area contributed by atoms with Crippen molar-refractivity contribution in [2.24, 2.45) is 0 Å². The van der Waals surface area contributed by atoms with Gasteiger partial charge >= 0.3 is 0 Å². The summed E-state index contributed by atoms with van der Waals surface area (Å²) in [4.78, 5) is 11.9. The molecule has 3 nitrogen and oxygen atoms in total. The predicted octanol–water partition coefficient (Wildman–Crippen LogP) is 3.75. The number of benzene rings is 2. The molecule has 0 radical (unpaired) electrons. The largest absolute Gasteiger partial charge is 0.361 e. The molecule has 0 fully saturated rings. The maximum Gasteiger partial charge on any atom is 0.257 e. The Hall–Kier alpha value is -2.26. The zero-order valence-electron chi connectivity index (χ0n) is 9.98. The van der Waals surface area contributed by atoms with E-state index in [2.05, 4.69) is 10.6 Å². The molecule has 0 aromatic heterocycles. The van der Waals surface area contributed by atoms with Crippen molar-refractivity contribution in [2.75, 3.05) is 10.6 Å². The lowest BCUT2D eigenvalue weighted by Crippen LogP contribution is -2.05. The minimum Gasteiger partial charge on any atom is -0.361 e. The van der Waals surface area contributed by atoms with E-state index in [1.807, 2.05) is 36.4 Å². The highest BCUT2D eigenvalue weighted by Gasteiger charge is 2.23. The van der Waals surface area contributed by atoms with E-state index in [0.29, 0.717) is 10.6 Å². The molecule has 19 heavy (non-hydrogen) atoms. The Kier molecular flexibility index (Phi) is 2.97. The second kappa shape index (κ2) is 4.78. The van der Waals surface area contributed by atoms with Gasteiger partial charge in [-0.15, -0.1) is 0 Å². The maximum absolute atomic E-state index is 11.9. The van der Waals surface area contributed by atoms with Crippen LogP contribution in [-0.2, 0) is 4.79 Å². The number of rotatable bonds is 2. The Morgan fingerprint density at radius 2 is 1.79 bits per heavy atom. The molecule has 0 unspecified atom stereocenters. The minimum atomic E-state index is -0.0948. The summed E-state index contributed by atoms with van der Waals surface area (Å²) in [6.45, 7) is 0. The predicted molar refractivity (Wildman–Crippen MR) is 78.1 cm³/mol. The van der Waals surface area contributed by atoms with Crippen LogP contribution in [0.2, 0.25) is 5.02 Å². The quantitative estimate of drug-likeness (QED) is 0.816. The Labute approximate surface area is 115 Å². The zero-order valence-corrected chi connectivity index (χ0v) is 10.7. The van der Waals surface area contributed by atoms with Crippen LogP contribution in [0.25, 0.3) is 5.57 Å². The van der Waals surface area contributed by atoms with Crippen LogP contribution < -0.4 is 10.6 Å². The van der Waals surface area contributed by atoms with Gasteiger partial charge in [0, 0.05) is 28.2 Å². The fourth-order valence-electron chi connectivity index (χ4n) is 1.98. The van der Waals surface area contributed by atoms with Crippen LogP contribution in [0.1, 0.15) is 5.56 Å². The molecule has 4 heteroatoms. The van der Waals surface area contributed by atoms with Gasteiger partial charge in [-0.2, -0.15) is 0 Å². The van der Waals surface area contributed by atoms with Crippen LogP contribution in [-0.4, -0.2) is 5.91 Å². The highest BCUT2D eigenvalue weighted by Crippen LogP contribution is 2.31. The lowest BCUT2D eigenvalue weighted by atomic mass is 10.1. The number of halogens is 1. The number of carbonyl (C=O) groups is 1. The van der Waals surface area contributed by atoms with Gasteiger partial charge in [-0.25, -0.2) is 0 Å². The molecule has 1 heterocycles. The Balaban J connectivity index is 1.88. The van der Waals surface area contributed by atoms with Gasteiger partial charge in [-0.1, -0.05) is 29.8 Å². The minimum absolute atomic E-state index is 0.0948. The summed E-state index contributed by atoms with van der Waals surface area (Å²) >= 11 is 5.82. The molecule has 0 saturated heterocycles. The Morgan fingerprint density at radius 1 is 1.05 bits per heavy atom. The van der Waals surface area contributed by atoms with E-state index in [1.165, 1.54) is 0 Å².